The topological polar surface area (TPSA) is 254 Å². The van der Waals surface area contributed by atoms with Crippen LogP contribution in [0.25, 0.3) is 83.1 Å². The molecule has 0 aliphatic carbocycles. The number of benzene rings is 3. The molecule has 0 radical (unpaired) electrons. The molecule has 0 bridgehead atoms. The Morgan fingerprint density at radius 3 is 1.62 bits per heavy atom. The van der Waals surface area contributed by atoms with Crippen molar-refractivity contribution >= 4 is 141 Å². The number of likely N-dealkylation sites (N-methyl/N-ethyl adjacent to an activating group) is 2. The third kappa shape index (κ3) is 10.6. The Labute approximate surface area is 548 Å². The highest BCUT2D eigenvalue weighted by Gasteiger charge is 2.32. The van der Waals surface area contributed by atoms with Crippen molar-refractivity contribution in [2.75, 3.05) is 151 Å². The predicted octanol–water partition coefficient (Wildman–Crippen LogP) is 7.07. The summed E-state index contributed by atoms with van der Waals surface area (Å²) in [6.45, 7) is 13.4. The number of nitrogens with one attached hydrogen (secondary N) is 6. The fraction of sp³-hybridized carbons (Fsp3) is 0.357. The van der Waals surface area contributed by atoms with Gasteiger partial charge in [-0.1, -0.05) is 18.2 Å². The fourth-order valence-electron chi connectivity index (χ4n) is 14.7. The molecule has 9 aromatic heterocycles. The van der Waals surface area contributed by atoms with Gasteiger partial charge in [-0.25, -0.2) is 29.9 Å². The van der Waals surface area contributed by atoms with Gasteiger partial charge in [-0.3, -0.25) is 27.6 Å². The quantitative estimate of drug-likeness (QED) is 0.0575. The first-order valence-electron chi connectivity index (χ1n) is 32.9. The van der Waals surface area contributed by atoms with E-state index in [1.807, 2.05) is 93.0 Å². The summed E-state index contributed by atoms with van der Waals surface area (Å²) in [6, 6.07) is 32.7. The van der Waals surface area contributed by atoms with Crippen LogP contribution >= 0.6 is 0 Å². The van der Waals surface area contributed by atoms with Gasteiger partial charge in [0, 0.05) is 128 Å². The molecule has 12 aromatic rings. The highest BCUT2D eigenvalue weighted by Crippen LogP contribution is 2.41. The van der Waals surface area contributed by atoms with Gasteiger partial charge in [-0.2, -0.15) is 0 Å². The van der Waals surface area contributed by atoms with Crippen LogP contribution < -0.4 is 51.5 Å². The number of hydrogen-bond acceptors (Lipinski definition) is 19. The number of aliphatic hydroxyl groups is 1. The van der Waals surface area contributed by atoms with Crippen LogP contribution in [-0.2, 0) is 6.54 Å². The van der Waals surface area contributed by atoms with E-state index in [2.05, 4.69) is 114 Å². The number of nitrogens with zero attached hydrogens (tertiary/aromatic N) is 15. The molecule has 15 rings (SSSR count). The van der Waals surface area contributed by atoms with Gasteiger partial charge >= 0.3 is 0 Å². The summed E-state index contributed by atoms with van der Waals surface area (Å²) >= 11 is 0. The van der Waals surface area contributed by atoms with E-state index in [9.17, 15) is 19.5 Å². The molecule has 0 saturated carbocycles. The molecule has 7 N–H and O–H groups in total. The Hall–Kier alpha value is -10.2. The van der Waals surface area contributed by atoms with Crippen molar-refractivity contribution in [3.8, 4) is 0 Å². The van der Waals surface area contributed by atoms with Gasteiger partial charge in [0.25, 0.3) is 17.7 Å². The SMILES string of the molecule is CNC(=O)c1c(NCCO)c2ccc(N3C[C@@H](C)N[C@@H](C)C3)nc2n2c1nc1cc(Nc3c(C(=O)NC)c4nc5cc(CN(C)c6c(C(=O)NC)c7nc8ccccc8n7c7nc(N8CCCN(C)CC8)ccc67)ccc5n4c4nc(N5CCCN(C)CC5)ccc34)ccc12. The number of anilines is 7. The molecule has 3 aromatic carbocycles. The van der Waals surface area contributed by atoms with E-state index >= 15 is 0 Å². The molecule has 488 valence electrons. The van der Waals surface area contributed by atoms with Crippen LogP contribution in [0.2, 0.25) is 0 Å². The van der Waals surface area contributed by atoms with Crippen LogP contribution in [0.5, 0.6) is 0 Å². The zero-order chi connectivity index (χ0) is 65.5. The molecule has 12 heterocycles. The van der Waals surface area contributed by atoms with Gasteiger partial charge < -0.3 is 66.4 Å². The van der Waals surface area contributed by atoms with Gasteiger partial charge in [0.05, 0.1) is 56.8 Å². The fourth-order valence-corrected chi connectivity index (χ4v) is 14.7. The molecule has 3 amide bonds. The third-order valence-corrected chi connectivity index (χ3v) is 19.2. The number of para-hydroxylation sites is 2. The van der Waals surface area contributed by atoms with Crippen molar-refractivity contribution in [2.45, 2.75) is 45.3 Å². The van der Waals surface area contributed by atoms with Crippen molar-refractivity contribution in [1.29, 1.82) is 0 Å². The molecule has 3 aliphatic heterocycles. The summed E-state index contributed by atoms with van der Waals surface area (Å²) < 4.78 is 5.98. The van der Waals surface area contributed by atoms with Crippen LogP contribution in [-0.4, -0.2) is 209 Å². The zero-order valence-corrected chi connectivity index (χ0v) is 54.9. The van der Waals surface area contributed by atoms with Crippen molar-refractivity contribution in [2.24, 2.45) is 0 Å². The minimum atomic E-state index is -0.363. The van der Waals surface area contributed by atoms with Crippen molar-refractivity contribution in [1.82, 2.24) is 74.2 Å². The Bertz CT molecular complexity index is 5070. The number of piperazine rings is 1. The average Bonchev–Trinajstić information content (AvgIpc) is 1.65. The predicted molar refractivity (Wildman–Crippen MR) is 378 cm³/mol. The Morgan fingerprint density at radius 1 is 0.526 bits per heavy atom. The number of imidazole rings is 3. The second-order valence-corrected chi connectivity index (χ2v) is 25.7. The van der Waals surface area contributed by atoms with E-state index in [-0.39, 0.29) is 43.0 Å². The van der Waals surface area contributed by atoms with Crippen LogP contribution in [0.4, 0.5) is 40.2 Å². The lowest BCUT2D eigenvalue weighted by atomic mass is 10.1. The molecule has 2 atom stereocenters. The Kier molecular flexibility index (Phi) is 15.8. The Balaban J connectivity index is 0.880. The standard InChI is InChI=1S/C70H79N21O4/c1-40-37-88(38-41(2)75-40)55-23-17-44-59(74-25-34-92)56(68(93)71-3)65-79-49-36-43(16-21-52(49)91(65)62(44)82-55)76-60-45-18-22-53(86-28-11-26-83(6)30-32-86)80-63(45)90-51-20-15-42(35-48(51)78-66(90)57(60)69(94)72-4)39-85(8)61-46-19-24-54(87-29-12-27-84(7)31-33-87)81-64(46)89-50-14-10-9-13-47(50)77-67(89)58(61)70(95)73-5/h9-10,13-24,35-36,40-41,74-76,92H,11-12,25-34,37-39H2,1-8H3,(H,71,93)(H,72,94)(H,73,95)/t40-,41+. The lowest BCUT2D eigenvalue weighted by Gasteiger charge is -2.37. The number of aromatic nitrogens is 9. The van der Waals surface area contributed by atoms with E-state index < -0.39 is 0 Å². The zero-order valence-electron chi connectivity index (χ0n) is 54.9. The maximum Gasteiger partial charge on any atom is 0.256 e. The molecular formula is C70H79N21O4. The van der Waals surface area contributed by atoms with Crippen LogP contribution in [0, 0.1) is 0 Å². The number of carbonyl (C=O) groups is 3. The van der Waals surface area contributed by atoms with Crippen LogP contribution in [0.1, 0.15) is 63.3 Å². The molecule has 0 unspecified atom stereocenters. The minimum Gasteiger partial charge on any atom is -0.395 e. The monoisotopic (exact) mass is 1280 g/mol. The summed E-state index contributed by atoms with van der Waals surface area (Å²) in [4.78, 5) is 89.4. The van der Waals surface area contributed by atoms with Gasteiger partial charge in [-0.15, -0.1) is 0 Å². The first-order chi connectivity index (χ1) is 46.2. The average molecular weight is 1280 g/mol. The summed E-state index contributed by atoms with van der Waals surface area (Å²) in [7, 11) is 11.2. The molecule has 0 spiro atoms. The normalized spacial score (nSPS) is 17.1. The summed E-state index contributed by atoms with van der Waals surface area (Å²) in [5.74, 6) is 1.49. The molecular weight excluding hydrogens is 1200 g/mol. The van der Waals surface area contributed by atoms with E-state index in [4.69, 9.17) is 29.9 Å². The number of carbonyl (C=O) groups excluding carboxylic acids is 3. The molecule has 3 aliphatic rings. The van der Waals surface area contributed by atoms with Gasteiger partial charge in [0.15, 0.2) is 33.9 Å². The summed E-state index contributed by atoms with van der Waals surface area (Å²) in [6.07, 6.45) is 1.99. The second kappa shape index (κ2) is 24.6. The first kappa shape index (κ1) is 61.0. The summed E-state index contributed by atoms with van der Waals surface area (Å²) in [5.41, 5.74) is 11.7. The summed E-state index contributed by atoms with van der Waals surface area (Å²) in [5, 5.41) is 31.7. The van der Waals surface area contributed by atoms with Crippen molar-refractivity contribution in [3.63, 3.8) is 0 Å². The van der Waals surface area contributed by atoms with Crippen molar-refractivity contribution < 1.29 is 19.5 Å². The number of aliphatic hydroxyl groups excluding tert-OH is 1. The Morgan fingerprint density at radius 2 is 1.02 bits per heavy atom. The lowest BCUT2D eigenvalue weighted by molar-refractivity contribution is 0.0956. The lowest BCUT2D eigenvalue weighted by Crippen LogP contribution is -2.54. The van der Waals surface area contributed by atoms with Gasteiger partial charge in [0.2, 0.25) is 0 Å². The van der Waals surface area contributed by atoms with Crippen LogP contribution in [0.3, 0.4) is 0 Å². The van der Waals surface area contributed by atoms with Gasteiger partial charge in [-0.05, 0) is 138 Å². The van der Waals surface area contributed by atoms with E-state index in [0.717, 1.165) is 123 Å². The number of pyridine rings is 6. The number of amides is 3. The van der Waals surface area contributed by atoms with Gasteiger partial charge in [0.1, 0.15) is 34.1 Å². The number of rotatable bonds is 14. The minimum absolute atomic E-state index is 0.160. The molecule has 3 saturated heterocycles. The first-order valence-corrected chi connectivity index (χ1v) is 32.9. The highest BCUT2D eigenvalue weighted by molar-refractivity contribution is 6.17. The largest absolute Gasteiger partial charge is 0.395 e. The van der Waals surface area contributed by atoms with E-state index in [0.29, 0.717) is 107 Å². The molecule has 3 fully saturated rings. The van der Waals surface area contributed by atoms with Crippen LogP contribution in [0.15, 0.2) is 97.1 Å². The highest BCUT2D eigenvalue weighted by atomic mass is 16.3. The molecule has 25 heteroatoms. The number of fused-ring (bicyclic) bond motifs is 15. The maximum atomic E-state index is 14.9. The third-order valence-electron chi connectivity index (χ3n) is 19.2. The smallest absolute Gasteiger partial charge is 0.256 e. The number of hydrogen-bond donors (Lipinski definition) is 7. The molecule has 95 heavy (non-hydrogen) atoms. The van der Waals surface area contributed by atoms with E-state index in [1.165, 1.54) is 0 Å². The maximum absolute atomic E-state index is 14.9. The second-order valence-electron chi connectivity index (χ2n) is 25.7. The van der Waals surface area contributed by atoms with E-state index in [1.54, 1.807) is 21.1 Å². The molecule has 25 nitrogen and oxygen atoms in total. The van der Waals surface area contributed by atoms with Crippen molar-refractivity contribution in [3.05, 3.63) is 119 Å².